The first-order valence-corrected chi connectivity index (χ1v) is 12.4. The maximum atomic E-state index is 13.0. The van der Waals surface area contributed by atoms with E-state index in [2.05, 4.69) is 10.2 Å². The van der Waals surface area contributed by atoms with Crippen LogP contribution in [-0.4, -0.2) is 75.4 Å². The molecule has 1 saturated heterocycles. The van der Waals surface area contributed by atoms with Crippen LogP contribution in [0.25, 0.3) is 11.3 Å². The van der Waals surface area contributed by atoms with Gasteiger partial charge in [0.25, 0.3) is 5.69 Å². The van der Waals surface area contributed by atoms with Gasteiger partial charge in [-0.15, -0.1) is 10.2 Å². The summed E-state index contributed by atoms with van der Waals surface area (Å²) in [6.45, 7) is 1.21. The predicted octanol–water partition coefficient (Wildman–Crippen LogP) is 2.59. The zero-order chi connectivity index (χ0) is 25.9. The van der Waals surface area contributed by atoms with Gasteiger partial charge in [0.15, 0.2) is 17.3 Å². The number of hydrogen-bond donors (Lipinski definition) is 0. The van der Waals surface area contributed by atoms with Gasteiger partial charge in [-0.05, 0) is 30.3 Å². The number of piperazine rings is 1. The molecule has 0 aliphatic carbocycles. The lowest BCUT2D eigenvalue weighted by Crippen LogP contribution is -2.49. The van der Waals surface area contributed by atoms with Crippen LogP contribution in [0.15, 0.2) is 53.4 Å². The van der Waals surface area contributed by atoms with Crippen molar-refractivity contribution in [2.45, 2.75) is 4.90 Å². The summed E-state index contributed by atoms with van der Waals surface area (Å²) in [5.74, 6) is 2.09. The fraction of sp³-hybridized carbons (Fsp3) is 0.304. The maximum Gasteiger partial charge on any atom is 0.270 e. The van der Waals surface area contributed by atoms with Gasteiger partial charge >= 0.3 is 0 Å². The molecule has 0 radical (unpaired) electrons. The largest absolute Gasteiger partial charge is 0.493 e. The van der Waals surface area contributed by atoms with Crippen LogP contribution in [0, 0.1) is 10.1 Å². The lowest BCUT2D eigenvalue weighted by atomic mass is 10.1. The molecule has 1 aliphatic rings. The Morgan fingerprint density at radius 1 is 0.889 bits per heavy atom. The van der Waals surface area contributed by atoms with Crippen molar-refractivity contribution in [2.24, 2.45) is 0 Å². The average molecular weight is 516 g/mol. The molecule has 0 unspecified atom stereocenters. The quantitative estimate of drug-likeness (QED) is 0.325. The second-order valence-corrected chi connectivity index (χ2v) is 9.77. The average Bonchev–Trinajstić information content (AvgIpc) is 2.92. The summed E-state index contributed by atoms with van der Waals surface area (Å²) in [7, 11) is 0.751. The van der Waals surface area contributed by atoms with E-state index in [1.807, 2.05) is 17.0 Å². The fourth-order valence-corrected chi connectivity index (χ4v) is 5.40. The van der Waals surface area contributed by atoms with Gasteiger partial charge in [-0.25, -0.2) is 8.42 Å². The lowest BCUT2D eigenvalue weighted by Gasteiger charge is -2.34. The van der Waals surface area contributed by atoms with Gasteiger partial charge in [0.2, 0.25) is 15.8 Å². The number of nitro benzene ring substituents is 1. The molecule has 0 amide bonds. The number of nitrogens with zero attached hydrogens (tertiary/aromatic N) is 5. The SMILES string of the molecule is COc1cc(-c2ccc(N3CCN(S(=O)(=O)c4cccc([N+](=O)[O-])c4)CC3)nn2)cc(OC)c1OC. The van der Waals surface area contributed by atoms with Crippen LogP contribution in [0.4, 0.5) is 11.5 Å². The normalized spacial score (nSPS) is 14.4. The second-order valence-electron chi connectivity index (χ2n) is 7.84. The molecule has 0 saturated carbocycles. The van der Waals surface area contributed by atoms with Gasteiger partial charge in [0.1, 0.15) is 0 Å². The van der Waals surface area contributed by atoms with Crippen molar-refractivity contribution in [2.75, 3.05) is 52.4 Å². The number of rotatable bonds is 8. The standard InChI is InChI=1S/C23H25N5O7S/c1-33-20-13-16(14-21(34-2)23(20)35-3)19-7-8-22(25-24-19)26-9-11-27(12-10-26)36(31,32)18-6-4-5-17(15-18)28(29)30/h4-8,13-15H,9-12H2,1-3H3. The van der Waals surface area contributed by atoms with Gasteiger partial charge < -0.3 is 19.1 Å². The van der Waals surface area contributed by atoms with Gasteiger partial charge in [-0.1, -0.05) is 6.07 Å². The monoisotopic (exact) mass is 515 g/mol. The molecule has 190 valence electrons. The van der Waals surface area contributed by atoms with E-state index in [0.29, 0.717) is 41.8 Å². The topological polar surface area (TPSA) is 137 Å². The van der Waals surface area contributed by atoms with Gasteiger partial charge in [-0.3, -0.25) is 10.1 Å². The van der Waals surface area contributed by atoms with Crippen molar-refractivity contribution in [1.82, 2.24) is 14.5 Å². The number of methoxy groups -OCH3 is 3. The minimum Gasteiger partial charge on any atom is -0.493 e. The van der Waals surface area contributed by atoms with Crippen LogP contribution < -0.4 is 19.1 Å². The zero-order valence-corrected chi connectivity index (χ0v) is 20.8. The smallest absolute Gasteiger partial charge is 0.270 e. The first-order chi connectivity index (χ1) is 17.3. The van der Waals surface area contributed by atoms with E-state index >= 15 is 0 Å². The summed E-state index contributed by atoms with van der Waals surface area (Å²) < 4.78 is 43.4. The Kier molecular flexibility index (Phi) is 7.22. The number of hydrogen-bond acceptors (Lipinski definition) is 10. The number of aromatic nitrogens is 2. The Morgan fingerprint density at radius 2 is 1.56 bits per heavy atom. The maximum absolute atomic E-state index is 13.0. The van der Waals surface area contributed by atoms with E-state index < -0.39 is 14.9 Å². The minimum absolute atomic E-state index is 0.0976. The summed E-state index contributed by atoms with van der Waals surface area (Å²) in [5.41, 5.74) is 1.07. The highest BCUT2D eigenvalue weighted by atomic mass is 32.2. The first-order valence-electron chi connectivity index (χ1n) is 10.9. The van der Waals surface area contributed by atoms with Crippen molar-refractivity contribution < 1.29 is 27.6 Å². The van der Waals surface area contributed by atoms with Crippen molar-refractivity contribution >= 4 is 21.5 Å². The van der Waals surface area contributed by atoms with E-state index in [1.165, 1.54) is 43.8 Å². The molecule has 3 aromatic rings. The Morgan fingerprint density at radius 3 is 2.08 bits per heavy atom. The first kappa shape index (κ1) is 25.1. The van der Waals surface area contributed by atoms with Crippen LogP contribution in [0.2, 0.25) is 0 Å². The Hall–Kier alpha value is -3.97. The molecule has 1 aliphatic heterocycles. The molecule has 13 heteroatoms. The third kappa shape index (κ3) is 4.88. The van der Waals surface area contributed by atoms with Gasteiger partial charge in [0.05, 0.1) is 36.8 Å². The molecule has 4 rings (SSSR count). The molecule has 0 bridgehead atoms. The zero-order valence-electron chi connectivity index (χ0n) is 19.9. The summed E-state index contributed by atoms with van der Waals surface area (Å²) in [4.78, 5) is 12.2. The molecule has 0 N–H and O–H groups in total. The Labute approximate surface area is 208 Å². The predicted molar refractivity (Wildman–Crippen MR) is 131 cm³/mol. The highest BCUT2D eigenvalue weighted by Crippen LogP contribution is 2.40. The Balaban J connectivity index is 1.47. The van der Waals surface area contributed by atoms with Crippen LogP contribution in [0.1, 0.15) is 0 Å². The summed E-state index contributed by atoms with van der Waals surface area (Å²) in [6, 6.07) is 12.3. The third-order valence-electron chi connectivity index (χ3n) is 5.84. The van der Waals surface area contributed by atoms with E-state index in [0.717, 1.165) is 11.6 Å². The number of anilines is 1. The number of ether oxygens (including phenoxy) is 3. The van der Waals surface area contributed by atoms with Gasteiger partial charge in [-0.2, -0.15) is 4.31 Å². The number of sulfonamides is 1. The molecule has 2 heterocycles. The van der Waals surface area contributed by atoms with Crippen LogP contribution in [-0.2, 0) is 10.0 Å². The Bertz CT molecular complexity index is 1330. The van der Waals surface area contributed by atoms with Crippen molar-refractivity contribution in [1.29, 1.82) is 0 Å². The van der Waals surface area contributed by atoms with Crippen LogP contribution in [0.3, 0.4) is 0 Å². The molecule has 0 atom stereocenters. The summed E-state index contributed by atoms with van der Waals surface area (Å²) >= 11 is 0. The van der Waals surface area contributed by atoms with Crippen molar-refractivity contribution in [3.8, 4) is 28.5 Å². The van der Waals surface area contributed by atoms with Crippen molar-refractivity contribution in [3.63, 3.8) is 0 Å². The number of nitro groups is 1. The molecule has 36 heavy (non-hydrogen) atoms. The summed E-state index contributed by atoms with van der Waals surface area (Å²) in [6.07, 6.45) is 0. The third-order valence-corrected chi connectivity index (χ3v) is 7.73. The number of non-ortho nitro benzene ring substituents is 1. The van der Waals surface area contributed by atoms with E-state index in [-0.39, 0.29) is 23.7 Å². The number of benzene rings is 2. The molecule has 12 nitrogen and oxygen atoms in total. The lowest BCUT2D eigenvalue weighted by molar-refractivity contribution is -0.385. The highest BCUT2D eigenvalue weighted by Gasteiger charge is 2.30. The van der Waals surface area contributed by atoms with Crippen molar-refractivity contribution in [3.05, 3.63) is 58.6 Å². The highest BCUT2D eigenvalue weighted by molar-refractivity contribution is 7.89. The van der Waals surface area contributed by atoms with E-state index in [9.17, 15) is 18.5 Å². The van der Waals surface area contributed by atoms with Crippen LogP contribution >= 0.6 is 0 Å². The molecular formula is C23H25N5O7S. The fourth-order valence-electron chi connectivity index (χ4n) is 3.94. The molecule has 1 aromatic heterocycles. The van der Waals surface area contributed by atoms with Gasteiger partial charge in [0, 0.05) is 43.9 Å². The summed E-state index contributed by atoms with van der Waals surface area (Å²) in [5, 5.41) is 19.7. The molecule has 1 fully saturated rings. The van der Waals surface area contributed by atoms with Crippen LogP contribution in [0.5, 0.6) is 17.2 Å². The van der Waals surface area contributed by atoms with E-state index in [4.69, 9.17) is 14.2 Å². The molecular weight excluding hydrogens is 490 g/mol. The molecule has 0 spiro atoms. The van der Waals surface area contributed by atoms with E-state index in [1.54, 1.807) is 12.1 Å². The minimum atomic E-state index is -3.85. The second kappa shape index (κ2) is 10.3. The molecule has 2 aromatic carbocycles.